The molecular formula is C19H14N4O2. The number of hydrogen-bond acceptors (Lipinski definition) is 4. The highest BCUT2D eigenvalue weighted by Gasteiger charge is 2.48. The maximum Gasteiger partial charge on any atom is 0.325 e. The maximum atomic E-state index is 12.9. The fourth-order valence-electron chi connectivity index (χ4n) is 2.80. The summed E-state index contributed by atoms with van der Waals surface area (Å²) in [6.07, 6.45) is 0. The standard InChI is InChI=1S/C19H14N4O2/c1-19(16-4-2-3-15(9-16)11-21)17(24)23(18(25)22-19)12-14-7-5-13(10-20)6-8-14/h2-9H,12H2,1H3,(H,22,25). The summed E-state index contributed by atoms with van der Waals surface area (Å²) in [5.41, 5.74) is 1.03. The molecular weight excluding hydrogens is 316 g/mol. The van der Waals surface area contributed by atoms with Gasteiger partial charge in [-0.1, -0.05) is 24.3 Å². The van der Waals surface area contributed by atoms with Gasteiger partial charge in [0.15, 0.2) is 0 Å². The van der Waals surface area contributed by atoms with Crippen LogP contribution in [0.15, 0.2) is 48.5 Å². The number of rotatable bonds is 3. The second-order valence-electron chi connectivity index (χ2n) is 5.95. The lowest BCUT2D eigenvalue weighted by atomic mass is 9.91. The smallest absolute Gasteiger partial charge is 0.319 e. The predicted octanol–water partition coefficient (Wildman–Crippen LogP) is 2.40. The fraction of sp³-hybridized carbons (Fsp3) is 0.158. The minimum atomic E-state index is -1.21. The highest BCUT2D eigenvalue weighted by molar-refractivity contribution is 6.07. The Hall–Kier alpha value is -3.64. The van der Waals surface area contributed by atoms with Crippen LogP contribution < -0.4 is 5.32 Å². The van der Waals surface area contributed by atoms with E-state index in [0.29, 0.717) is 16.7 Å². The van der Waals surface area contributed by atoms with Crippen molar-refractivity contribution in [3.63, 3.8) is 0 Å². The van der Waals surface area contributed by atoms with Gasteiger partial charge < -0.3 is 5.32 Å². The molecule has 6 heteroatoms. The topological polar surface area (TPSA) is 97.0 Å². The summed E-state index contributed by atoms with van der Waals surface area (Å²) in [5.74, 6) is -0.378. The van der Waals surface area contributed by atoms with Gasteiger partial charge in [-0.05, 0) is 42.3 Å². The molecule has 1 unspecified atom stereocenters. The summed E-state index contributed by atoms with van der Waals surface area (Å²) in [4.78, 5) is 26.3. The van der Waals surface area contributed by atoms with E-state index in [9.17, 15) is 9.59 Å². The SMILES string of the molecule is CC1(c2cccc(C#N)c2)NC(=O)N(Cc2ccc(C#N)cc2)C1=O. The van der Waals surface area contributed by atoms with E-state index >= 15 is 0 Å². The van der Waals surface area contributed by atoms with Crippen LogP contribution in [0.2, 0.25) is 0 Å². The normalized spacial score (nSPS) is 19.2. The van der Waals surface area contributed by atoms with Crippen LogP contribution in [0.25, 0.3) is 0 Å². The molecule has 1 saturated heterocycles. The molecule has 2 aromatic carbocycles. The van der Waals surface area contributed by atoms with Crippen molar-refractivity contribution in [1.29, 1.82) is 10.5 Å². The molecule has 3 rings (SSSR count). The van der Waals surface area contributed by atoms with Gasteiger partial charge in [0, 0.05) is 0 Å². The van der Waals surface area contributed by atoms with Gasteiger partial charge in [0.2, 0.25) is 0 Å². The molecule has 3 amide bonds. The molecule has 6 nitrogen and oxygen atoms in total. The van der Waals surface area contributed by atoms with E-state index in [1.807, 2.05) is 12.1 Å². The van der Waals surface area contributed by atoms with Crippen molar-refractivity contribution in [3.8, 4) is 12.1 Å². The molecule has 25 heavy (non-hydrogen) atoms. The van der Waals surface area contributed by atoms with E-state index in [1.54, 1.807) is 55.5 Å². The molecule has 2 aromatic rings. The zero-order valence-corrected chi connectivity index (χ0v) is 13.5. The van der Waals surface area contributed by atoms with Crippen molar-refractivity contribution in [2.45, 2.75) is 19.0 Å². The third-order valence-corrected chi connectivity index (χ3v) is 4.27. The summed E-state index contributed by atoms with van der Waals surface area (Å²) >= 11 is 0. The van der Waals surface area contributed by atoms with Crippen LogP contribution in [0.3, 0.4) is 0 Å². The number of nitriles is 2. The number of carbonyl (C=O) groups excluding carboxylic acids is 2. The molecule has 1 fully saturated rings. The average molecular weight is 330 g/mol. The number of carbonyl (C=O) groups is 2. The van der Waals surface area contributed by atoms with Crippen LogP contribution in [0, 0.1) is 22.7 Å². The van der Waals surface area contributed by atoms with Crippen molar-refractivity contribution in [2.75, 3.05) is 0 Å². The first-order valence-electron chi connectivity index (χ1n) is 7.62. The minimum Gasteiger partial charge on any atom is -0.319 e. The minimum absolute atomic E-state index is 0.115. The third-order valence-electron chi connectivity index (χ3n) is 4.27. The van der Waals surface area contributed by atoms with Crippen LogP contribution in [0.4, 0.5) is 4.79 Å². The molecule has 1 aliphatic heterocycles. The Morgan fingerprint density at radius 3 is 2.36 bits per heavy atom. The van der Waals surface area contributed by atoms with E-state index in [4.69, 9.17) is 10.5 Å². The number of imide groups is 1. The Labute approximate surface area is 144 Å². The lowest BCUT2D eigenvalue weighted by molar-refractivity contribution is -0.131. The monoisotopic (exact) mass is 330 g/mol. The van der Waals surface area contributed by atoms with Gasteiger partial charge in [-0.25, -0.2) is 4.79 Å². The molecule has 0 aromatic heterocycles. The Morgan fingerprint density at radius 1 is 1.04 bits per heavy atom. The van der Waals surface area contributed by atoms with E-state index in [2.05, 4.69) is 5.32 Å². The molecule has 0 spiro atoms. The van der Waals surface area contributed by atoms with Crippen LogP contribution in [0.1, 0.15) is 29.2 Å². The van der Waals surface area contributed by atoms with E-state index in [1.165, 1.54) is 0 Å². The van der Waals surface area contributed by atoms with Crippen LogP contribution >= 0.6 is 0 Å². The van der Waals surface area contributed by atoms with Gasteiger partial charge in [0.1, 0.15) is 5.54 Å². The molecule has 0 radical (unpaired) electrons. The molecule has 0 aliphatic carbocycles. The predicted molar refractivity (Wildman–Crippen MR) is 88.7 cm³/mol. The van der Waals surface area contributed by atoms with E-state index in [-0.39, 0.29) is 12.5 Å². The lowest BCUT2D eigenvalue weighted by Crippen LogP contribution is -2.40. The van der Waals surface area contributed by atoms with Crippen molar-refractivity contribution >= 4 is 11.9 Å². The molecule has 1 atom stereocenters. The van der Waals surface area contributed by atoms with Crippen molar-refractivity contribution in [3.05, 3.63) is 70.8 Å². The zero-order chi connectivity index (χ0) is 18.0. The van der Waals surface area contributed by atoms with Crippen molar-refractivity contribution in [1.82, 2.24) is 10.2 Å². The van der Waals surface area contributed by atoms with Crippen LogP contribution in [0.5, 0.6) is 0 Å². The molecule has 0 bridgehead atoms. The van der Waals surface area contributed by atoms with Gasteiger partial charge in [-0.3, -0.25) is 9.69 Å². The average Bonchev–Trinajstić information content (AvgIpc) is 2.86. The number of amides is 3. The van der Waals surface area contributed by atoms with Crippen molar-refractivity contribution < 1.29 is 9.59 Å². The molecule has 1 aliphatic rings. The third kappa shape index (κ3) is 2.82. The van der Waals surface area contributed by atoms with Crippen LogP contribution in [-0.4, -0.2) is 16.8 Å². The van der Waals surface area contributed by atoms with Gasteiger partial charge in [0.25, 0.3) is 5.91 Å². The summed E-state index contributed by atoms with van der Waals surface area (Å²) in [6.45, 7) is 1.74. The van der Waals surface area contributed by atoms with Gasteiger partial charge in [0.05, 0.1) is 29.8 Å². The fourth-order valence-corrected chi connectivity index (χ4v) is 2.80. The number of nitrogens with one attached hydrogen (secondary N) is 1. The number of hydrogen-bond donors (Lipinski definition) is 1. The highest BCUT2D eigenvalue weighted by Crippen LogP contribution is 2.30. The van der Waals surface area contributed by atoms with E-state index in [0.717, 1.165) is 10.5 Å². The Morgan fingerprint density at radius 2 is 1.72 bits per heavy atom. The lowest BCUT2D eigenvalue weighted by Gasteiger charge is -2.22. The first-order chi connectivity index (χ1) is 12.0. The Kier molecular flexibility index (Phi) is 3.96. The summed E-state index contributed by atoms with van der Waals surface area (Å²) in [7, 11) is 0. The summed E-state index contributed by atoms with van der Waals surface area (Å²) < 4.78 is 0. The molecule has 1 heterocycles. The maximum absolute atomic E-state index is 12.9. The molecule has 0 saturated carbocycles. The first kappa shape index (κ1) is 16.2. The molecule has 1 N–H and O–H groups in total. The Balaban J connectivity index is 1.88. The van der Waals surface area contributed by atoms with Gasteiger partial charge in [-0.15, -0.1) is 0 Å². The number of nitrogens with zero attached hydrogens (tertiary/aromatic N) is 3. The Bertz CT molecular complexity index is 937. The van der Waals surface area contributed by atoms with Crippen molar-refractivity contribution in [2.24, 2.45) is 0 Å². The molecule has 122 valence electrons. The van der Waals surface area contributed by atoms with Gasteiger partial charge in [-0.2, -0.15) is 10.5 Å². The second kappa shape index (κ2) is 6.10. The first-order valence-corrected chi connectivity index (χ1v) is 7.62. The number of urea groups is 1. The summed E-state index contributed by atoms with van der Waals surface area (Å²) in [5, 5.41) is 20.6. The quantitative estimate of drug-likeness (QED) is 0.874. The highest BCUT2D eigenvalue weighted by atomic mass is 16.2. The summed E-state index contributed by atoms with van der Waals surface area (Å²) in [6, 6.07) is 16.9. The van der Waals surface area contributed by atoms with E-state index < -0.39 is 11.6 Å². The van der Waals surface area contributed by atoms with Gasteiger partial charge >= 0.3 is 6.03 Å². The largest absolute Gasteiger partial charge is 0.325 e. The van der Waals surface area contributed by atoms with Crippen LogP contribution in [-0.2, 0) is 16.9 Å². The number of benzene rings is 2. The second-order valence-corrected chi connectivity index (χ2v) is 5.95. The zero-order valence-electron chi connectivity index (χ0n) is 13.5.